The fraction of sp³-hybridized carbons (Fsp3) is 0.294. The van der Waals surface area contributed by atoms with Gasteiger partial charge in [0.25, 0.3) is 0 Å². The molecule has 2 N–H and O–H groups in total. The molecule has 0 heterocycles. The van der Waals surface area contributed by atoms with Crippen LogP contribution < -0.4 is 10.5 Å². The van der Waals surface area contributed by atoms with E-state index in [9.17, 15) is 4.39 Å². The van der Waals surface area contributed by atoms with E-state index < -0.39 is 0 Å². The van der Waals surface area contributed by atoms with Crippen molar-refractivity contribution in [3.63, 3.8) is 0 Å². The third kappa shape index (κ3) is 4.07. The highest BCUT2D eigenvalue weighted by Crippen LogP contribution is 2.22. The van der Waals surface area contributed by atoms with E-state index >= 15 is 0 Å². The van der Waals surface area contributed by atoms with Crippen LogP contribution in [0.5, 0.6) is 5.75 Å². The Morgan fingerprint density at radius 1 is 0.950 bits per heavy atom. The molecule has 0 amide bonds. The van der Waals surface area contributed by atoms with Crippen molar-refractivity contribution in [1.29, 1.82) is 0 Å². The van der Waals surface area contributed by atoms with Gasteiger partial charge < -0.3 is 10.5 Å². The lowest BCUT2D eigenvalue weighted by Crippen LogP contribution is -2.06. The molecule has 2 aromatic rings. The van der Waals surface area contributed by atoms with Gasteiger partial charge in [0.05, 0.1) is 6.61 Å². The molecule has 0 saturated heterocycles. The van der Waals surface area contributed by atoms with Crippen LogP contribution in [-0.4, -0.2) is 6.61 Å². The zero-order chi connectivity index (χ0) is 14.2. The summed E-state index contributed by atoms with van der Waals surface area (Å²) in [5, 5.41) is 0. The van der Waals surface area contributed by atoms with Crippen LogP contribution in [0.4, 0.5) is 4.39 Å². The van der Waals surface area contributed by atoms with Gasteiger partial charge in [0, 0.05) is 12.1 Å². The van der Waals surface area contributed by atoms with E-state index in [1.54, 1.807) is 12.1 Å². The molecule has 0 aromatic heterocycles. The molecule has 0 aliphatic rings. The Morgan fingerprint density at radius 2 is 1.75 bits per heavy atom. The number of aryl methyl sites for hydroxylation is 1. The molecule has 0 unspecified atom stereocenters. The minimum absolute atomic E-state index is 0.289. The first-order valence-corrected chi connectivity index (χ1v) is 6.95. The summed E-state index contributed by atoms with van der Waals surface area (Å²) in [4.78, 5) is 0. The lowest BCUT2D eigenvalue weighted by molar-refractivity contribution is 0.289. The first kappa shape index (κ1) is 14.5. The summed E-state index contributed by atoms with van der Waals surface area (Å²) in [6.07, 6.45) is 2.94. The van der Waals surface area contributed by atoms with Crippen LogP contribution in [0.2, 0.25) is 0 Å². The number of halogens is 1. The molecular weight excluding hydrogens is 253 g/mol. The summed E-state index contributed by atoms with van der Waals surface area (Å²) in [6.45, 7) is 0.803. The van der Waals surface area contributed by atoms with Gasteiger partial charge in [-0.2, -0.15) is 0 Å². The fourth-order valence-corrected chi connectivity index (χ4v) is 2.13. The normalized spacial score (nSPS) is 10.5. The number of unbranched alkanes of at least 4 members (excludes halogenated alkanes) is 1. The van der Waals surface area contributed by atoms with Crippen LogP contribution in [-0.2, 0) is 13.0 Å². The Morgan fingerprint density at radius 3 is 2.50 bits per heavy atom. The largest absolute Gasteiger partial charge is 0.490 e. The number of benzene rings is 2. The molecule has 0 radical (unpaired) electrons. The maximum atomic E-state index is 13.6. The Bertz CT molecular complexity index is 528. The molecule has 0 aliphatic carbocycles. The summed E-state index contributed by atoms with van der Waals surface area (Å²) in [5.74, 6) is -0.0364. The van der Waals surface area contributed by atoms with E-state index in [-0.39, 0.29) is 12.4 Å². The van der Waals surface area contributed by atoms with Crippen LogP contribution in [0, 0.1) is 5.82 Å². The third-order valence-electron chi connectivity index (χ3n) is 3.22. The average Bonchev–Trinajstić information content (AvgIpc) is 2.49. The van der Waals surface area contributed by atoms with Crippen molar-refractivity contribution in [2.45, 2.75) is 25.8 Å². The van der Waals surface area contributed by atoms with Gasteiger partial charge in [0.2, 0.25) is 0 Å². The Kier molecular flexibility index (Phi) is 5.56. The van der Waals surface area contributed by atoms with Crippen molar-refractivity contribution in [2.24, 2.45) is 5.73 Å². The van der Waals surface area contributed by atoms with Gasteiger partial charge in [-0.3, -0.25) is 0 Å². The average molecular weight is 273 g/mol. The van der Waals surface area contributed by atoms with E-state index in [4.69, 9.17) is 10.5 Å². The number of hydrogen-bond acceptors (Lipinski definition) is 2. The number of rotatable bonds is 7. The van der Waals surface area contributed by atoms with E-state index in [0.717, 1.165) is 19.3 Å². The second kappa shape index (κ2) is 7.65. The third-order valence-corrected chi connectivity index (χ3v) is 3.22. The molecule has 0 fully saturated rings. The molecular formula is C17H20FNO. The first-order valence-electron chi connectivity index (χ1n) is 6.95. The molecule has 2 rings (SSSR count). The van der Waals surface area contributed by atoms with Crippen molar-refractivity contribution in [1.82, 2.24) is 0 Å². The van der Waals surface area contributed by atoms with Crippen LogP contribution in [0.15, 0.2) is 48.5 Å². The van der Waals surface area contributed by atoms with Crippen molar-refractivity contribution in [3.05, 3.63) is 65.5 Å². The van der Waals surface area contributed by atoms with Crippen molar-refractivity contribution >= 4 is 0 Å². The SMILES string of the molecule is NCc1cccc(F)c1OCCCCc1ccccc1. The minimum Gasteiger partial charge on any atom is -0.490 e. The molecule has 0 atom stereocenters. The number of hydrogen-bond donors (Lipinski definition) is 1. The number of ether oxygens (including phenoxy) is 1. The predicted molar refractivity (Wildman–Crippen MR) is 79.2 cm³/mol. The standard InChI is InChI=1S/C17H20FNO/c18-16-11-6-10-15(13-19)17(16)20-12-5-4-9-14-7-2-1-3-8-14/h1-3,6-8,10-11H,4-5,9,12-13,19H2. The maximum Gasteiger partial charge on any atom is 0.165 e. The molecule has 0 saturated carbocycles. The quantitative estimate of drug-likeness (QED) is 0.781. The fourth-order valence-electron chi connectivity index (χ4n) is 2.13. The summed E-state index contributed by atoms with van der Waals surface area (Å²) in [6, 6.07) is 15.2. The molecule has 2 aromatic carbocycles. The lowest BCUT2D eigenvalue weighted by atomic mass is 10.1. The Hall–Kier alpha value is -1.87. The molecule has 2 nitrogen and oxygen atoms in total. The van der Waals surface area contributed by atoms with E-state index in [0.29, 0.717) is 17.9 Å². The van der Waals surface area contributed by atoms with Crippen LogP contribution in [0.3, 0.4) is 0 Å². The predicted octanol–water partition coefficient (Wildman–Crippen LogP) is 3.69. The van der Waals surface area contributed by atoms with Gasteiger partial charge in [-0.15, -0.1) is 0 Å². The van der Waals surface area contributed by atoms with Gasteiger partial charge >= 0.3 is 0 Å². The van der Waals surface area contributed by atoms with Crippen molar-refractivity contribution < 1.29 is 9.13 Å². The molecule has 0 spiro atoms. The second-order valence-corrected chi connectivity index (χ2v) is 4.72. The van der Waals surface area contributed by atoms with Gasteiger partial charge in [0.1, 0.15) is 0 Å². The highest BCUT2D eigenvalue weighted by molar-refractivity contribution is 5.34. The molecule has 3 heteroatoms. The van der Waals surface area contributed by atoms with Gasteiger partial charge in [-0.1, -0.05) is 42.5 Å². The monoisotopic (exact) mass is 273 g/mol. The van der Waals surface area contributed by atoms with Crippen LogP contribution >= 0.6 is 0 Å². The topological polar surface area (TPSA) is 35.2 Å². The first-order chi connectivity index (χ1) is 9.81. The summed E-state index contributed by atoms with van der Waals surface area (Å²) in [5.41, 5.74) is 7.62. The molecule has 106 valence electrons. The maximum absolute atomic E-state index is 13.6. The van der Waals surface area contributed by atoms with E-state index in [1.165, 1.54) is 11.6 Å². The van der Waals surface area contributed by atoms with E-state index in [2.05, 4.69) is 12.1 Å². The summed E-state index contributed by atoms with van der Waals surface area (Å²) in [7, 11) is 0. The molecule has 0 bridgehead atoms. The lowest BCUT2D eigenvalue weighted by Gasteiger charge is -2.11. The molecule has 20 heavy (non-hydrogen) atoms. The van der Waals surface area contributed by atoms with Crippen molar-refractivity contribution in [2.75, 3.05) is 6.61 Å². The van der Waals surface area contributed by atoms with Gasteiger partial charge in [-0.25, -0.2) is 4.39 Å². The molecule has 0 aliphatic heterocycles. The highest BCUT2D eigenvalue weighted by Gasteiger charge is 2.08. The van der Waals surface area contributed by atoms with E-state index in [1.807, 2.05) is 18.2 Å². The zero-order valence-corrected chi connectivity index (χ0v) is 11.5. The number of para-hydroxylation sites is 1. The van der Waals surface area contributed by atoms with Gasteiger partial charge in [0.15, 0.2) is 11.6 Å². The highest BCUT2D eigenvalue weighted by atomic mass is 19.1. The smallest absolute Gasteiger partial charge is 0.165 e. The van der Waals surface area contributed by atoms with Crippen molar-refractivity contribution in [3.8, 4) is 5.75 Å². The summed E-state index contributed by atoms with van der Waals surface area (Å²) < 4.78 is 19.2. The van der Waals surface area contributed by atoms with Crippen LogP contribution in [0.25, 0.3) is 0 Å². The minimum atomic E-state index is -0.337. The number of nitrogens with two attached hydrogens (primary N) is 1. The zero-order valence-electron chi connectivity index (χ0n) is 11.5. The Labute approximate surface area is 119 Å². The Balaban J connectivity index is 1.76. The second-order valence-electron chi connectivity index (χ2n) is 4.72. The van der Waals surface area contributed by atoms with Gasteiger partial charge in [-0.05, 0) is 30.9 Å². The van der Waals surface area contributed by atoms with Crippen LogP contribution in [0.1, 0.15) is 24.0 Å². The summed E-state index contributed by atoms with van der Waals surface area (Å²) >= 11 is 0.